The first kappa shape index (κ1) is 26.3. The van der Waals surface area contributed by atoms with Crippen LogP contribution in [0.3, 0.4) is 0 Å². The number of nitriles is 2. The molecule has 5 heterocycles. The molecule has 0 radical (unpaired) electrons. The monoisotopic (exact) mass is 628 g/mol. The maximum absolute atomic E-state index is 9.11. The van der Waals surface area contributed by atoms with Crippen molar-refractivity contribution in [2.24, 2.45) is 9.98 Å². The highest BCUT2D eigenvalue weighted by Gasteiger charge is 2.25. The lowest BCUT2D eigenvalue weighted by Crippen LogP contribution is -1.82. The van der Waals surface area contributed by atoms with E-state index in [4.69, 9.17) is 43.1 Å². The molecule has 0 unspecified atom stereocenters. The van der Waals surface area contributed by atoms with Crippen LogP contribution in [0, 0.1) is 35.8 Å². The van der Waals surface area contributed by atoms with Crippen molar-refractivity contribution in [1.82, 2.24) is 18.7 Å². The third-order valence-corrected chi connectivity index (χ3v) is 10.6. The Morgan fingerprint density at radius 2 is 1.20 bits per heavy atom. The number of benzene rings is 1. The lowest BCUT2D eigenvalue weighted by atomic mass is 10.2. The normalized spacial score (nSPS) is 11.9. The number of fused-ring (bicyclic) bond motifs is 6. The summed E-state index contributed by atoms with van der Waals surface area (Å²) in [6.45, 7) is 14.2. The maximum Gasteiger partial charge on any atom is 0.350 e. The number of aliphatic imine (C=N–C) groups is 2. The quantitative estimate of drug-likeness (QED) is 0.106. The number of aromatic nitrogens is 4. The van der Waals surface area contributed by atoms with Crippen molar-refractivity contribution in [3.8, 4) is 43.4 Å². The molecule has 0 saturated carbocycles. The van der Waals surface area contributed by atoms with E-state index in [9.17, 15) is 0 Å². The van der Waals surface area contributed by atoms with Gasteiger partial charge in [0.25, 0.3) is 0 Å². The van der Waals surface area contributed by atoms with E-state index in [0.29, 0.717) is 63.3 Å². The number of ether oxygens (including phenoxy) is 2. The van der Waals surface area contributed by atoms with Gasteiger partial charge in [0.05, 0.1) is 35.3 Å². The molecule has 6 rings (SSSR count). The van der Waals surface area contributed by atoms with Gasteiger partial charge in [0.2, 0.25) is 10.0 Å². The summed E-state index contributed by atoms with van der Waals surface area (Å²) in [4.78, 5) is 25.7. The Morgan fingerprint density at radius 1 is 0.756 bits per heavy atom. The summed E-state index contributed by atoms with van der Waals surface area (Å²) >= 11 is 6.49. The van der Waals surface area contributed by atoms with Crippen LogP contribution in [-0.4, -0.2) is 44.6 Å². The number of hydrogen-bond donors (Lipinski definition) is 0. The molecule has 41 heavy (non-hydrogen) atoms. The fourth-order valence-corrected chi connectivity index (χ4v) is 8.73. The molecule has 0 atom stereocenters. The van der Waals surface area contributed by atoms with E-state index < -0.39 is 0 Å². The zero-order valence-corrected chi connectivity index (χ0v) is 24.6. The van der Waals surface area contributed by atoms with E-state index in [0.717, 1.165) is 21.1 Å². The Kier molecular flexibility index (Phi) is 6.81. The number of thiophene rings is 2. The molecule has 0 fully saturated rings. The maximum atomic E-state index is 9.11. The largest absolute Gasteiger partial charge is 0.495 e. The first-order chi connectivity index (χ1) is 20.0. The topological polar surface area (TPSA) is 151 Å². The van der Waals surface area contributed by atoms with E-state index >= 15 is 0 Å². The SMILES string of the molecule is [C-]#[N+]C(C#N)=Nc1cc(OC)c(-c2nc3c4nsnc4c4nc(-c5sc(N=C(C#N)[N+]#[C-])cc5OC)sc4c3s2)s1. The minimum atomic E-state index is -0.269. The summed E-state index contributed by atoms with van der Waals surface area (Å²) < 4.78 is 21.9. The minimum Gasteiger partial charge on any atom is -0.495 e. The first-order valence-electron chi connectivity index (χ1n) is 11.0. The highest BCUT2D eigenvalue weighted by molar-refractivity contribution is 7.32. The van der Waals surface area contributed by atoms with Crippen molar-refractivity contribution in [3.63, 3.8) is 0 Å². The summed E-state index contributed by atoms with van der Waals surface area (Å²) in [6.07, 6.45) is 0. The van der Waals surface area contributed by atoms with Gasteiger partial charge in [-0.1, -0.05) is 45.8 Å². The molecule has 0 amide bonds. The fourth-order valence-electron chi connectivity index (χ4n) is 3.76. The van der Waals surface area contributed by atoms with E-state index in [1.54, 1.807) is 24.3 Å². The van der Waals surface area contributed by atoms with Crippen LogP contribution >= 0.6 is 57.1 Å². The lowest BCUT2D eigenvalue weighted by Gasteiger charge is -1.96. The van der Waals surface area contributed by atoms with Crippen LogP contribution in [-0.2, 0) is 0 Å². The second-order valence-corrected chi connectivity index (χ2v) is 12.2. The lowest BCUT2D eigenvalue weighted by molar-refractivity contribution is 0.418. The highest BCUT2D eigenvalue weighted by Crippen LogP contribution is 2.50. The third-order valence-electron chi connectivity index (χ3n) is 5.44. The van der Waals surface area contributed by atoms with Gasteiger partial charge < -0.3 is 19.2 Å². The molecule has 0 aliphatic rings. The Balaban J connectivity index is 1.55. The van der Waals surface area contributed by atoms with Gasteiger partial charge in [-0.15, -0.1) is 22.7 Å². The van der Waals surface area contributed by atoms with Crippen molar-refractivity contribution >= 4 is 110 Å². The van der Waals surface area contributed by atoms with E-state index in [-0.39, 0.29) is 11.7 Å². The van der Waals surface area contributed by atoms with Crippen LogP contribution in [0.1, 0.15) is 0 Å². The molecular weight excluding hydrogens is 621 g/mol. The molecule has 0 N–H and O–H groups in total. The Labute approximate surface area is 250 Å². The predicted octanol–water partition coefficient (Wildman–Crippen LogP) is 7.33. The van der Waals surface area contributed by atoms with E-state index in [1.807, 2.05) is 0 Å². The number of rotatable bonds is 6. The van der Waals surface area contributed by atoms with Gasteiger partial charge in [0.1, 0.15) is 65.5 Å². The van der Waals surface area contributed by atoms with Crippen LogP contribution in [0.25, 0.3) is 60.9 Å². The molecule has 6 aromatic rings. The highest BCUT2D eigenvalue weighted by atomic mass is 32.1. The zero-order chi connectivity index (χ0) is 28.7. The van der Waals surface area contributed by atoms with Crippen molar-refractivity contribution in [2.45, 2.75) is 0 Å². The summed E-state index contributed by atoms with van der Waals surface area (Å²) in [7, 11) is 3.07. The zero-order valence-electron chi connectivity index (χ0n) is 20.5. The smallest absolute Gasteiger partial charge is 0.350 e. The Morgan fingerprint density at radius 3 is 1.56 bits per heavy atom. The van der Waals surface area contributed by atoms with Crippen molar-refractivity contribution in [2.75, 3.05) is 14.2 Å². The number of amidine groups is 2. The van der Waals surface area contributed by atoms with Crippen LogP contribution < -0.4 is 9.47 Å². The van der Waals surface area contributed by atoms with Gasteiger partial charge in [-0.2, -0.15) is 8.75 Å². The number of methoxy groups -OCH3 is 2. The van der Waals surface area contributed by atoms with Crippen molar-refractivity contribution in [1.29, 1.82) is 10.5 Å². The van der Waals surface area contributed by atoms with Gasteiger partial charge in [-0.05, 0) is 0 Å². The van der Waals surface area contributed by atoms with Crippen LogP contribution in [0.5, 0.6) is 11.5 Å². The summed E-state index contributed by atoms with van der Waals surface area (Å²) in [5.41, 5.74) is 2.61. The third kappa shape index (κ3) is 4.44. The molecule has 1 aromatic carbocycles. The van der Waals surface area contributed by atoms with Gasteiger partial charge in [-0.25, -0.2) is 20.5 Å². The molecule has 0 spiro atoms. The predicted molar refractivity (Wildman–Crippen MR) is 162 cm³/mol. The Bertz CT molecular complexity index is 2070. The minimum absolute atomic E-state index is 0.269. The second-order valence-electron chi connectivity index (χ2n) is 7.64. The van der Waals surface area contributed by atoms with Crippen LogP contribution in [0.2, 0.25) is 0 Å². The average molecular weight is 629 g/mol. The molecule has 5 aromatic heterocycles. The molecule has 17 heteroatoms. The van der Waals surface area contributed by atoms with E-state index in [1.165, 1.54) is 59.6 Å². The van der Waals surface area contributed by atoms with Crippen LogP contribution in [0.15, 0.2) is 22.1 Å². The molecule has 196 valence electrons. The summed E-state index contributed by atoms with van der Waals surface area (Å²) in [5.74, 6) is 0.512. The second kappa shape index (κ2) is 10.6. The Hall–Kier alpha value is -4.88. The molecular formula is C24H8N10O2S5. The van der Waals surface area contributed by atoms with Crippen molar-refractivity contribution in [3.05, 3.63) is 35.0 Å². The first-order valence-corrected chi connectivity index (χ1v) is 15.0. The fraction of sp³-hybridized carbons (Fsp3) is 0.0833. The number of hydrogen-bond acceptors (Lipinski definition) is 15. The van der Waals surface area contributed by atoms with Crippen LogP contribution in [0.4, 0.5) is 10.0 Å². The van der Waals surface area contributed by atoms with Gasteiger partial charge in [-0.3, -0.25) is 0 Å². The average Bonchev–Trinajstić information content (AvgIpc) is 3.81. The van der Waals surface area contributed by atoms with Crippen molar-refractivity contribution < 1.29 is 9.47 Å². The van der Waals surface area contributed by atoms with Gasteiger partial charge >= 0.3 is 11.7 Å². The van der Waals surface area contributed by atoms with Gasteiger partial charge in [0, 0.05) is 12.1 Å². The molecule has 0 bridgehead atoms. The standard InChI is InChI=1S/C24H8N10O2S5/c1-27-11(7-25)29-13-5-9(35-3)19(37-13)23-31-17-15-16(34-41-33-15)18-22(21(17)39-23)40-24(32-18)20-10(36-4)6-14(38-20)30-12(8-26)28-2/h5-6H,3-4H3. The molecule has 0 aliphatic heterocycles. The summed E-state index contributed by atoms with van der Waals surface area (Å²) in [6, 6.07) is 6.89. The summed E-state index contributed by atoms with van der Waals surface area (Å²) in [5, 5.41) is 20.4. The van der Waals surface area contributed by atoms with Gasteiger partial charge in [0.15, 0.2) is 0 Å². The molecule has 12 nitrogen and oxygen atoms in total. The number of nitrogens with zero attached hydrogens (tertiary/aromatic N) is 10. The van der Waals surface area contributed by atoms with E-state index in [2.05, 4.69) is 28.4 Å². The molecule has 0 saturated heterocycles. The molecule has 0 aliphatic carbocycles. The number of thiazole rings is 2.